The number of carbonyl (C=O) groups excluding carboxylic acids is 1. The number of aliphatic carboxylic acids is 1. The topological polar surface area (TPSA) is 76.5 Å². The minimum Gasteiger partial charge on any atom is -0.481 e. The first kappa shape index (κ1) is 18.4. The van der Waals surface area contributed by atoms with E-state index in [-0.39, 0.29) is 18.3 Å². The second kappa shape index (κ2) is 8.78. The minimum absolute atomic E-state index is 0.0112. The molecule has 5 nitrogen and oxygen atoms in total. The maximum absolute atomic E-state index is 11.7. The predicted octanol–water partition coefficient (Wildman–Crippen LogP) is 3.65. The molecule has 130 valence electrons. The number of aromatic nitrogens is 1. The quantitative estimate of drug-likeness (QED) is 0.615. The summed E-state index contributed by atoms with van der Waals surface area (Å²) in [4.78, 5) is 27.0. The van der Waals surface area contributed by atoms with Gasteiger partial charge in [-0.2, -0.15) is 0 Å². The van der Waals surface area contributed by atoms with E-state index in [1.54, 1.807) is 38.4 Å². The fourth-order valence-corrected chi connectivity index (χ4v) is 2.56. The van der Waals surface area contributed by atoms with Crippen molar-refractivity contribution < 1.29 is 19.4 Å². The highest BCUT2D eigenvalue weighted by molar-refractivity contribution is 5.92. The van der Waals surface area contributed by atoms with Gasteiger partial charge in [0.25, 0.3) is 0 Å². The number of pyridine rings is 1. The number of carbonyl (C=O) groups is 2. The van der Waals surface area contributed by atoms with Crippen molar-refractivity contribution in [2.45, 2.75) is 26.2 Å². The van der Waals surface area contributed by atoms with E-state index in [1.807, 2.05) is 30.3 Å². The summed E-state index contributed by atoms with van der Waals surface area (Å²) in [5.74, 6) is -1.47. The molecule has 0 spiro atoms. The van der Waals surface area contributed by atoms with Crippen molar-refractivity contribution in [3.05, 3.63) is 71.1 Å². The summed E-state index contributed by atoms with van der Waals surface area (Å²) in [6.07, 6.45) is 5.08. The van der Waals surface area contributed by atoms with Crippen molar-refractivity contribution >= 4 is 18.0 Å². The lowest BCUT2D eigenvalue weighted by Crippen LogP contribution is -2.08. The average molecular weight is 339 g/mol. The van der Waals surface area contributed by atoms with Crippen LogP contribution < -0.4 is 0 Å². The molecule has 1 unspecified atom stereocenters. The van der Waals surface area contributed by atoms with Gasteiger partial charge in [-0.15, -0.1) is 0 Å². The molecule has 0 saturated carbocycles. The second-order valence-corrected chi connectivity index (χ2v) is 5.65. The van der Waals surface area contributed by atoms with Gasteiger partial charge >= 0.3 is 11.9 Å². The van der Waals surface area contributed by atoms with E-state index in [4.69, 9.17) is 4.74 Å². The summed E-state index contributed by atoms with van der Waals surface area (Å²) in [5.41, 5.74) is 3.12. The second-order valence-electron chi connectivity index (χ2n) is 5.65. The van der Waals surface area contributed by atoms with Gasteiger partial charge in [-0.05, 0) is 42.7 Å². The van der Waals surface area contributed by atoms with Gasteiger partial charge in [0.2, 0.25) is 0 Å². The Morgan fingerprint density at radius 1 is 1.20 bits per heavy atom. The largest absolute Gasteiger partial charge is 0.481 e. The molecule has 1 atom stereocenters. The van der Waals surface area contributed by atoms with E-state index >= 15 is 0 Å². The third-order valence-electron chi connectivity index (χ3n) is 3.78. The molecule has 0 amide bonds. The van der Waals surface area contributed by atoms with Gasteiger partial charge in [0.15, 0.2) is 0 Å². The molecule has 1 aromatic heterocycles. The van der Waals surface area contributed by atoms with Crippen molar-refractivity contribution in [1.29, 1.82) is 0 Å². The standard InChI is InChI=1S/C20H21NO4/c1-3-25-20(24)14(2)11-15-6-8-16(9-7-15)18(12-19(22)23)17-5-4-10-21-13-17/h4-11,13,18H,3,12H2,1-2H3,(H,22,23). The molecule has 0 bridgehead atoms. The Morgan fingerprint density at radius 3 is 2.48 bits per heavy atom. The lowest BCUT2D eigenvalue weighted by molar-refractivity contribution is -0.138. The van der Waals surface area contributed by atoms with Crippen LogP contribution in [0.4, 0.5) is 0 Å². The number of hydrogen-bond donors (Lipinski definition) is 1. The van der Waals surface area contributed by atoms with Crippen LogP contribution in [0.3, 0.4) is 0 Å². The molecule has 0 aliphatic rings. The molecule has 2 rings (SSSR count). The number of hydrogen-bond acceptors (Lipinski definition) is 4. The first-order chi connectivity index (χ1) is 12.0. The van der Waals surface area contributed by atoms with Crippen molar-refractivity contribution in [2.24, 2.45) is 0 Å². The molecule has 5 heteroatoms. The third kappa shape index (κ3) is 5.28. The first-order valence-electron chi connectivity index (χ1n) is 8.08. The Balaban J connectivity index is 2.25. The third-order valence-corrected chi connectivity index (χ3v) is 3.78. The van der Waals surface area contributed by atoms with E-state index in [2.05, 4.69) is 4.98 Å². The van der Waals surface area contributed by atoms with E-state index in [0.29, 0.717) is 12.2 Å². The fraction of sp³-hybridized carbons (Fsp3) is 0.250. The average Bonchev–Trinajstić information content (AvgIpc) is 2.61. The van der Waals surface area contributed by atoms with Crippen LogP contribution in [0.15, 0.2) is 54.4 Å². The van der Waals surface area contributed by atoms with Crippen molar-refractivity contribution in [3.8, 4) is 0 Å². The van der Waals surface area contributed by atoms with E-state index in [9.17, 15) is 14.7 Å². The van der Waals surface area contributed by atoms with Gasteiger partial charge in [0, 0.05) is 23.9 Å². The maximum Gasteiger partial charge on any atom is 0.333 e. The molecule has 0 aliphatic carbocycles. The molecule has 2 aromatic rings. The number of esters is 1. The molecule has 0 aliphatic heterocycles. The summed E-state index contributed by atoms with van der Waals surface area (Å²) < 4.78 is 4.96. The number of carboxylic acids is 1. The Kier molecular flexibility index (Phi) is 6.46. The zero-order chi connectivity index (χ0) is 18.2. The summed E-state index contributed by atoms with van der Waals surface area (Å²) >= 11 is 0. The van der Waals surface area contributed by atoms with E-state index in [1.165, 1.54) is 0 Å². The van der Waals surface area contributed by atoms with Crippen LogP contribution in [0.1, 0.15) is 42.9 Å². The Morgan fingerprint density at radius 2 is 1.92 bits per heavy atom. The Labute approximate surface area is 147 Å². The molecule has 0 fully saturated rings. The molecule has 1 N–H and O–H groups in total. The van der Waals surface area contributed by atoms with Crippen molar-refractivity contribution in [2.75, 3.05) is 6.61 Å². The molecule has 1 heterocycles. The lowest BCUT2D eigenvalue weighted by atomic mass is 9.89. The molecular formula is C20H21NO4. The predicted molar refractivity (Wildman–Crippen MR) is 95.1 cm³/mol. The van der Waals surface area contributed by atoms with E-state index in [0.717, 1.165) is 16.7 Å². The van der Waals surface area contributed by atoms with Gasteiger partial charge in [-0.3, -0.25) is 9.78 Å². The molecule has 25 heavy (non-hydrogen) atoms. The van der Waals surface area contributed by atoms with Crippen LogP contribution in [-0.4, -0.2) is 28.6 Å². The highest BCUT2D eigenvalue weighted by atomic mass is 16.5. The van der Waals surface area contributed by atoms with Crippen LogP contribution in [0.5, 0.6) is 0 Å². The van der Waals surface area contributed by atoms with Gasteiger partial charge < -0.3 is 9.84 Å². The van der Waals surface area contributed by atoms with Crippen LogP contribution >= 0.6 is 0 Å². The molecule has 1 aromatic carbocycles. The van der Waals surface area contributed by atoms with Crippen LogP contribution in [-0.2, 0) is 14.3 Å². The zero-order valence-electron chi connectivity index (χ0n) is 14.3. The monoisotopic (exact) mass is 339 g/mol. The van der Waals surface area contributed by atoms with Crippen LogP contribution in [0.25, 0.3) is 6.08 Å². The maximum atomic E-state index is 11.7. The lowest BCUT2D eigenvalue weighted by Gasteiger charge is -2.15. The smallest absolute Gasteiger partial charge is 0.333 e. The number of benzene rings is 1. The number of carboxylic acid groups (broad SMARTS) is 1. The van der Waals surface area contributed by atoms with Crippen molar-refractivity contribution in [1.82, 2.24) is 4.98 Å². The first-order valence-corrected chi connectivity index (χ1v) is 8.08. The molecular weight excluding hydrogens is 318 g/mol. The van der Waals surface area contributed by atoms with E-state index < -0.39 is 5.97 Å². The molecule has 0 saturated heterocycles. The Hall–Kier alpha value is -2.95. The van der Waals surface area contributed by atoms with Gasteiger partial charge in [-0.25, -0.2) is 4.79 Å². The van der Waals surface area contributed by atoms with Crippen LogP contribution in [0.2, 0.25) is 0 Å². The normalized spacial score (nSPS) is 12.5. The Bertz CT molecular complexity index is 751. The summed E-state index contributed by atoms with van der Waals surface area (Å²) in [7, 11) is 0. The number of rotatable bonds is 7. The minimum atomic E-state index is -0.865. The van der Waals surface area contributed by atoms with Gasteiger partial charge in [0.1, 0.15) is 0 Å². The number of nitrogens with zero attached hydrogens (tertiary/aromatic N) is 1. The SMILES string of the molecule is CCOC(=O)C(C)=Cc1ccc(C(CC(=O)O)c2cccnc2)cc1. The number of ether oxygens (including phenoxy) is 1. The van der Waals surface area contributed by atoms with Gasteiger partial charge in [0.05, 0.1) is 13.0 Å². The van der Waals surface area contributed by atoms with Crippen molar-refractivity contribution in [3.63, 3.8) is 0 Å². The highest BCUT2D eigenvalue weighted by Gasteiger charge is 2.18. The highest BCUT2D eigenvalue weighted by Crippen LogP contribution is 2.28. The summed E-state index contributed by atoms with van der Waals surface area (Å²) in [6, 6.07) is 11.2. The zero-order valence-corrected chi connectivity index (χ0v) is 14.3. The summed E-state index contributed by atoms with van der Waals surface area (Å²) in [6.45, 7) is 3.81. The van der Waals surface area contributed by atoms with Crippen LogP contribution in [0, 0.1) is 0 Å². The fourth-order valence-electron chi connectivity index (χ4n) is 2.56. The molecule has 0 radical (unpaired) electrons. The van der Waals surface area contributed by atoms with Gasteiger partial charge in [-0.1, -0.05) is 30.3 Å². The summed E-state index contributed by atoms with van der Waals surface area (Å²) in [5, 5.41) is 9.21.